The molecular weight excluding hydrogens is 246 g/mol. The highest BCUT2D eigenvalue weighted by atomic mass is 16.5. The van der Waals surface area contributed by atoms with E-state index in [9.17, 15) is 24.9 Å². The molecule has 5 atom stereocenters. The average Bonchev–Trinajstić information content (AvgIpc) is 2.66. The minimum absolute atomic E-state index is 0.142. The Bertz CT molecular complexity index is 405. The smallest absolute Gasteiger partial charge is 0.256 e. The highest BCUT2D eigenvalue weighted by Gasteiger charge is 2.47. The number of aliphatic hydroxyl groups is 4. The van der Waals surface area contributed by atoms with Crippen LogP contribution in [0.1, 0.15) is 0 Å². The van der Waals surface area contributed by atoms with Crippen molar-refractivity contribution >= 4 is 11.8 Å². The molecule has 18 heavy (non-hydrogen) atoms. The Morgan fingerprint density at radius 2 is 1.83 bits per heavy atom. The molecular formula is C10H13NO7. The zero-order valence-electron chi connectivity index (χ0n) is 9.18. The van der Waals surface area contributed by atoms with Crippen LogP contribution in [0.5, 0.6) is 0 Å². The zero-order valence-corrected chi connectivity index (χ0v) is 9.18. The maximum atomic E-state index is 11.4. The fourth-order valence-electron chi connectivity index (χ4n) is 2.00. The molecule has 1 saturated heterocycles. The van der Waals surface area contributed by atoms with Gasteiger partial charge in [-0.2, -0.15) is 0 Å². The molecule has 0 spiro atoms. The molecule has 0 bridgehead atoms. The van der Waals surface area contributed by atoms with E-state index in [0.717, 1.165) is 6.08 Å². The lowest BCUT2D eigenvalue weighted by atomic mass is 9.91. The average molecular weight is 259 g/mol. The molecule has 1 fully saturated rings. The van der Waals surface area contributed by atoms with Crippen molar-refractivity contribution in [2.24, 2.45) is 0 Å². The zero-order chi connectivity index (χ0) is 13.4. The maximum Gasteiger partial charge on any atom is 0.256 e. The second kappa shape index (κ2) is 4.75. The Balaban J connectivity index is 2.25. The molecule has 0 aromatic heterocycles. The van der Waals surface area contributed by atoms with Crippen molar-refractivity contribution in [1.29, 1.82) is 0 Å². The van der Waals surface area contributed by atoms with Gasteiger partial charge >= 0.3 is 0 Å². The number of nitrogens with one attached hydrogen (secondary N) is 1. The Morgan fingerprint density at radius 1 is 1.17 bits per heavy atom. The fraction of sp³-hybridized carbons (Fsp3) is 0.600. The predicted molar refractivity (Wildman–Crippen MR) is 55.0 cm³/mol. The Hall–Kier alpha value is -1.32. The third kappa shape index (κ3) is 2.04. The van der Waals surface area contributed by atoms with Gasteiger partial charge in [0.1, 0.15) is 30.5 Å². The highest BCUT2D eigenvalue weighted by molar-refractivity contribution is 6.16. The van der Waals surface area contributed by atoms with Crippen molar-refractivity contribution < 1.29 is 34.8 Å². The molecule has 2 aliphatic rings. The van der Waals surface area contributed by atoms with Crippen LogP contribution >= 0.6 is 0 Å². The summed E-state index contributed by atoms with van der Waals surface area (Å²) in [6, 6.07) is 0. The monoisotopic (exact) mass is 259 g/mol. The summed E-state index contributed by atoms with van der Waals surface area (Å²) in [4.78, 5) is 22.4. The molecule has 0 unspecified atom stereocenters. The van der Waals surface area contributed by atoms with Crippen molar-refractivity contribution in [3.05, 3.63) is 11.6 Å². The summed E-state index contributed by atoms with van der Waals surface area (Å²) >= 11 is 0. The lowest BCUT2D eigenvalue weighted by Gasteiger charge is -2.40. The summed E-state index contributed by atoms with van der Waals surface area (Å²) in [5, 5.41) is 39.8. The van der Waals surface area contributed by atoms with E-state index in [1.807, 2.05) is 5.32 Å². The van der Waals surface area contributed by atoms with Crippen molar-refractivity contribution in [3.8, 4) is 0 Å². The molecule has 0 aromatic carbocycles. The lowest BCUT2D eigenvalue weighted by Crippen LogP contribution is -2.59. The van der Waals surface area contributed by atoms with Crippen LogP contribution in [0, 0.1) is 0 Å². The Labute approximate surface area is 101 Å². The van der Waals surface area contributed by atoms with E-state index in [-0.39, 0.29) is 5.57 Å². The van der Waals surface area contributed by atoms with E-state index in [0.29, 0.717) is 0 Å². The topological polar surface area (TPSA) is 136 Å². The molecule has 5 N–H and O–H groups in total. The number of hydrogen-bond acceptors (Lipinski definition) is 7. The highest BCUT2D eigenvalue weighted by Crippen LogP contribution is 2.27. The minimum Gasteiger partial charge on any atom is -0.394 e. The van der Waals surface area contributed by atoms with E-state index in [2.05, 4.69) is 0 Å². The predicted octanol–water partition coefficient (Wildman–Crippen LogP) is -3.59. The molecule has 0 aromatic rings. The van der Waals surface area contributed by atoms with Gasteiger partial charge in [0.05, 0.1) is 12.2 Å². The van der Waals surface area contributed by atoms with Crippen LogP contribution in [0.2, 0.25) is 0 Å². The normalized spacial score (nSPS) is 40.7. The van der Waals surface area contributed by atoms with Gasteiger partial charge in [-0.3, -0.25) is 14.9 Å². The van der Waals surface area contributed by atoms with Gasteiger partial charge in [0, 0.05) is 6.08 Å². The van der Waals surface area contributed by atoms with Crippen LogP contribution in [0.4, 0.5) is 0 Å². The van der Waals surface area contributed by atoms with Gasteiger partial charge in [0.25, 0.3) is 11.8 Å². The van der Waals surface area contributed by atoms with Gasteiger partial charge in [0.2, 0.25) is 0 Å². The minimum atomic E-state index is -1.58. The van der Waals surface area contributed by atoms with Crippen LogP contribution in [-0.4, -0.2) is 69.4 Å². The van der Waals surface area contributed by atoms with E-state index < -0.39 is 48.9 Å². The first-order valence-corrected chi connectivity index (χ1v) is 5.33. The van der Waals surface area contributed by atoms with E-state index in [1.54, 1.807) is 0 Å². The van der Waals surface area contributed by atoms with Crippen molar-refractivity contribution in [2.45, 2.75) is 30.5 Å². The first kappa shape index (κ1) is 13.1. The van der Waals surface area contributed by atoms with Gasteiger partial charge in [-0.1, -0.05) is 0 Å². The summed E-state index contributed by atoms with van der Waals surface area (Å²) in [6.45, 7) is -0.593. The number of amides is 2. The molecule has 0 radical (unpaired) electrons. The van der Waals surface area contributed by atoms with Crippen molar-refractivity contribution in [1.82, 2.24) is 5.32 Å². The molecule has 0 saturated carbocycles. The molecule has 8 heteroatoms. The molecule has 100 valence electrons. The number of hydrogen-bond donors (Lipinski definition) is 5. The number of rotatable bonds is 2. The van der Waals surface area contributed by atoms with E-state index >= 15 is 0 Å². The van der Waals surface area contributed by atoms with Crippen molar-refractivity contribution in [3.63, 3.8) is 0 Å². The van der Waals surface area contributed by atoms with Crippen LogP contribution in [0.3, 0.4) is 0 Å². The van der Waals surface area contributed by atoms with E-state index in [4.69, 9.17) is 9.84 Å². The largest absolute Gasteiger partial charge is 0.394 e. The third-order valence-electron chi connectivity index (χ3n) is 2.98. The van der Waals surface area contributed by atoms with Crippen LogP contribution in [-0.2, 0) is 14.3 Å². The first-order valence-electron chi connectivity index (χ1n) is 5.33. The van der Waals surface area contributed by atoms with Crippen LogP contribution < -0.4 is 5.32 Å². The molecule has 2 heterocycles. The van der Waals surface area contributed by atoms with E-state index in [1.165, 1.54) is 0 Å². The summed E-state index contributed by atoms with van der Waals surface area (Å²) in [5.74, 6) is -1.38. The Kier molecular flexibility index (Phi) is 3.46. The van der Waals surface area contributed by atoms with Crippen LogP contribution in [0.15, 0.2) is 11.6 Å². The molecule has 0 aliphatic carbocycles. The SMILES string of the molecule is O=C1C=C([C@H]2O[C@H](CO)[C@@H](O)[C@H](O)[C@@H]2O)C(=O)N1. The van der Waals surface area contributed by atoms with Gasteiger partial charge in [-0.25, -0.2) is 0 Å². The number of carbonyl (C=O) groups is 2. The second-order valence-electron chi connectivity index (χ2n) is 4.17. The first-order chi connectivity index (χ1) is 8.45. The molecule has 2 amide bonds. The quantitative estimate of drug-likeness (QED) is 0.323. The third-order valence-corrected chi connectivity index (χ3v) is 2.98. The summed E-state index contributed by atoms with van der Waals surface area (Å²) in [5.41, 5.74) is -0.142. The second-order valence-corrected chi connectivity index (χ2v) is 4.17. The molecule has 2 aliphatic heterocycles. The van der Waals surface area contributed by atoms with Gasteiger partial charge in [-0.15, -0.1) is 0 Å². The number of carbonyl (C=O) groups excluding carboxylic acids is 2. The Morgan fingerprint density at radius 3 is 2.33 bits per heavy atom. The van der Waals surface area contributed by atoms with Crippen molar-refractivity contribution in [2.75, 3.05) is 6.61 Å². The number of ether oxygens (including phenoxy) is 1. The summed E-state index contributed by atoms with van der Waals surface area (Å²) in [7, 11) is 0. The number of aliphatic hydroxyl groups excluding tert-OH is 4. The van der Waals surface area contributed by atoms with Gasteiger partial charge in [0.15, 0.2) is 0 Å². The molecule has 8 nitrogen and oxygen atoms in total. The maximum absolute atomic E-state index is 11.4. The summed E-state index contributed by atoms with van der Waals surface area (Å²) in [6.07, 6.45) is -6.07. The van der Waals surface area contributed by atoms with Gasteiger partial charge in [-0.05, 0) is 0 Å². The molecule has 2 rings (SSSR count). The summed E-state index contributed by atoms with van der Waals surface area (Å²) < 4.78 is 5.14. The van der Waals surface area contributed by atoms with Gasteiger partial charge < -0.3 is 25.2 Å². The fourth-order valence-corrected chi connectivity index (χ4v) is 2.00. The standard InChI is InChI=1S/C10H13NO7/c12-2-4-6(14)7(15)8(16)9(18-4)3-1-5(13)11-10(3)17/h1,4,6-9,12,14-16H,2H2,(H,11,13,17)/t4-,6-,7+,8+,9-/m1/s1. The van der Waals surface area contributed by atoms with Crippen LogP contribution in [0.25, 0.3) is 0 Å². The lowest BCUT2D eigenvalue weighted by molar-refractivity contribution is -0.219. The number of imide groups is 1.